The molecule has 1 aromatic rings. The molecule has 0 heterocycles. The molecule has 2 rings (SSSR count). The van der Waals surface area contributed by atoms with Gasteiger partial charge >= 0.3 is 0 Å². The van der Waals surface area contributed by atoms with Crippen LogP contribution in [0.15, 0.2) is 17.0 Å². The van der Waals surface area contributed by atoms with E-state index in [1.165, 1.54) is 26.7 Å². The van der Waals surface area contributed by atoms with Gasteiger partial charge in [-0.05, 0) is 31.4 Å². The first kappa shape index (κ1) is 16.1. The fourth-order valence-corrected chi connectivity index (χ4v) is 4.30. The first-order valence-electron chi connectivity index (χ1n) is 7.23. The monoisotopic (exact) mass is 313 g/mol. The maximum absolute atomic E-state index is 12.6. The molecule has 1 aromatic carbocycles. The molecule has 0 saturated heterocycles. The van der Waals surface area contributed by atoms with Gasteiger partial charge in [-0.2, -0.15) is 0 Å². The minimum atomic E-state index is -3.53. The van der Waals surface area contributed by atoms with E-state index < -0.39 is 10.0 Å². The van der Waals surface area contributed by atoms with Crippen LogP contribution >= 0.6 is 0 Å². The normalized spacial score (nSPS) is 16.7. The molecule has 0 bridgehead atoms. The summed E-state index contributed by atoms with van der Waals surface area (Å²) >= 11 is 0. The van der Waals surface area contributed by atoms with Crippen LogP contribution in [0.2, 0.25) is 0 Å². The highest BCUT2D eigenvalue weighted by molar-refractivity contribution is 7.89. The molecular weight excluding hydrogens is 290 g/mol. The van der Waals surface area contributed by atoms with Gasteiger partial charge in [0.1, 0.15) is 0 Å². The van der Waals surface area contributed by atoms with Crippen LogP contribution in [0.3, 0.4) is 0 Å². The zero-order valence-electron chi connectivity index (χ0n) is 12.8. The van der Waals surface area contributed by atoms with Crippen LogP contribution in [0.5, 0.6) is 11.5 Å². The molecule has 118 valence electrons. The molecule has 1 saturated carbocycles. The summed E-state index contributed by atoms with van der Waals surface area (Å²) < 4.78 is 38.4. The molecule has 21 heavy (non-hydrogen) atoms. The van der Waals surface area contributed by atoms with E-state index in [1.54, 1.807) is 13.0 Å². The van der Waals surface area contributed by atoms with Gasteiger partial charge in [-0.15, -0.1) is 0 Å². The molecule has 0 aromatic heterocycles. The number of aryl methyl sites for hydroxylation is 1. The van der Waals surface area contributed by atoms with Crippen LogP contribution in [0.4, 0.5) is 0 Å². The summed E-state index contributed by atoms with van der Waals surface area (Å²) in [7, 11) is -0.502. The summed E-state index contributed by atoms with van der Waals surface area (Å²) in [5.74, 6) is 0.957. The lowest BCUT2D eigenvalue weighted by Crippen LogP contribution is -2.36. The maximum Gasteiger partial charge on any atom is 0.241 e. The van der Waals surface area contributed by atoms with Crippen molar-refractivity contribution in [2.75, 3.05) is 14.2 Å². The van der Waals surface area contributed by atoms with Crippen molar-refractivity contribution in [2.24, 2.45) is 0 Å². The number of ether oxygens (including phenoxy) is 2. The van der Waals surface area contributed by atoms with E-state index in [0.29, 0.717) is 17.1 Å². The molecule has 5 nitrogen and oxygen atoms in total. The second-order valence-electron chi connectivity index (χ2n) is 5.43. The van der Waals surface area contributed by atoms with Crippen molar-refractivity contribution >= 4 is 10.0 Å². The van der Waals surface area contributed by atoms with Gasteiger partial charge in [0, 0.05) is 12.1 Å². The molecule has 0 radical (unpaired) electrons. The number of rotatable bonds is 5. The van der Waals surface area contributed by atoms with Crippen LogP contribution in [0.1, 0.15) is 37.7 Å². The zero-order chi connectivity index (χ0) is 15.5. The molecule has 1 fully saturated rings. The van der Waals surface area contributed by atoms with E-state index in [4.69, 9.17) is 9.47 Å². The van der Waals surface area contributed by atoms with Crippen molar-refractivity contribution in [3.8, 4) is 11.5 Å². The Hall–Kier alpha value is -1.27. The van der Waals surface area contributed by atoms with Crippen molar-refractivity contribution in [2.45, 2.75) is 50.0 Å². The quantitative estimate of drug-likeness (QED) is 0.907. The van der Waals surface area contributed by atoms with Gasteiger partial charge < -0.3 is 9.47 Å². The van der Waals surface area contributed by atoms with Crippen molar-refractivity contribution in [1.82, 2.24) is 4.72 Å². The van der Waals surface area contributed by atoms with Crippen molar-refractivity contribution in [3.63, 3.8) is 0 Å². The molecule has 1 N–H and O–H groups in total. The molecule has 1 aliphatic rings. The number of hydrogen-bond donors (Lipinski definition) is 1. The van der Waals surface area contributed by atoms with Gasteiger partial charge in [-0.1, -0.05) is 19.3 Å². The Bertz CT molecular complexity index is 592. The second-order valence-corrected chi connectivity index (χ2v) is 7.11. The van der Waals surface area contributed by atoms with Gasteiger partial charge in [0.05, 0.1) is 19.1 Å². The summed E-state index contributed by atoms with van der Waals surface area (Å²) in [4.78, 5) is 0.255. The predicted molar refractivity (Wildman–Crippen MR) is 81.5 cm³/mol. The van der Waals surface area contributed by atoms with Gasteiger partial charge in [0.25, 0.3) is 0 Å². The topological polar surface area (TPSA) is 64.6 Å². The number of sulfonamides is 1. The number of hydrogen-bond acceptors (Lipinski definition) is 4. The third-order valence-electron chi connectivity index (χ3n) is 3.90. The van der Waals surface area contributed by atoms with E-state index in [-0.39, 0.29) is 10.9 Å². The first-order chi connectivity index (χ1) is 9.97. The van der Waals surface area contributed by atoms with Crippen LogP contribution in [0, 0.1) is 6.92 Å². The predicted octanol–water partition coefficient (Wildman–Crippen LogP) is 2.62. The van der Waals surface area contributed by atoms with Crippen molar-refractivity contribution < 1.29 is 17.9 Å². The Balaban J connectivity index is 2.30. The fourth-order valence-electron chi connectivity index (χ4n) is 2.75. The van der Waals surface area contributed by atoms with Gasteiger partial charge in [0.2, 0.25) is 10.0 Å². The second kappa shape index (κ2) is 6.66. The largest absolute Gasteiger partial charge is 0.493 e. The average molecular weight is 313 g/mol. The van der Waals surface area contributed by atoms with Crippen molar-refractivity contribution in [1.29, 1.82) is 0 Å². The van der Waals surface area contributed by atoms with E-state index in [1.807, 2.05) is 0 Å². The molecule has 0 atom stereocenters. The highest BCUT2D eigenvalue weighted by Gasteiger charge is 2.24. The van der Waals surface area contributed by atoms with Crippen LogP contribution < -0.4 is 14.2 Å². The molecular formula is C15H23NO4S. The SMILES string of the molecule is COc1cc(C)c(S(=O)(=O)NC2CCCCC2)cc1OC. The summed E-state index contributed by atoms with van der Waals surface area (Å²) in [6.45, 7) is 1.76. The minimum Gasteiger partial charge on any atom is -0.493 e. The molecule has 0 amide bonds. The molecule has 0 unspecified atom stereocenters. The Kier molecular flexibility index (Phi) is 5.11. The van der Waals surface area contributed by atoms with Crippen LogP contribution in [-0.4, -0.2) is 28.7 Å². The number of benzene rings is 1. The third-order valence-corrected chi connectivity index (χ3v) is 5.56. The summed E-state index contributed by atoms with van der Waals surface area (Å²) in [6.07, 6.45) is 5.17. The highest BCUT2D eigenvalue weighted by atomic mass is 32.2. The van der Waals surface area contributed by atoms with Crippen molar-refractivity contribution in [3.05, 3.63) is 17.7 Å². The maximum atomic E-state index is 12.6. The van der Waals surface area contributed by atoms with Gasteiger partial charge in [-0.25, -0.2) is 13.1 Å². The Morgan fingerprint density at radius 3 is 2.19 bits per heavy atom. The average Bonchev–Trinajstić information content (AvgIpc) is 2.47. The number of methoxy groups -OCH3 is 2. The Morgan fingerprint density at radius 2 is 1.62 bits per heavy atom. The lowest BCUT2D eigenvalue weighted by atomic mass is 9.96. The minimum absolute atomic E-state index is 0.0382. The Morgan fingerprint density at radius 1 is 1.05 bits per heavy atom. The van der Waals surface area contributed by atoms with E-state index in [2.05, 4.69) is 4.72 Å². The van der Waals surface area contributed by atoms with Crippen LogP contribution in [-0.2, 0) is 10.0 Å². The van der Waals surface area contributed by atoms with Gasteiger partial charge in [0.15, 0.2) is 11.5 Å². The zero-order valence-corrected chi connectivity index (χ0v) is 13.6. The smallest absolute Gasteiger partial charge is 0.241 e. The summed E-state index contributed by atoms with van der Waals surface area (Å²) in [5.41, 5.74) is 0.649. The third kappa shape index (κ3) is 3.68. The molecule has 0 spiro atoms. The highest BCUT2D eigenvalue weighted by Crippen LogP contribution is 2.32. The van der Waals surface area contributed by atoms with E-state index in [0.717, 1.165) is 25.7 Å². The van der Waals surface area contributed by atoms with E-state index >= 15 is 0 Å². The molecule has 6 heteroatoms. The standard InChI is InChI=1S/C15H23NO4S/c1-11-9-13(19-2)14(20-3)10-15(11)21(17,18)16-12-7-5-4-6-8-12/h9-10,12,16H,4-8H2,1-3H3. The first-order valence-corrected chi connectivity index (χ1v) is 8.71. The Labute approximate surface area is 126 Å². The fraction of sp³-hybridized carbons (Fsp3) is 0.600. The lowest BCUT2D eigenvalue weighted by Gasteiger charge is -2.23. The van der Waals surface area contributed by atoms with E-state index in [9.17, 15) is 8.42 Å². The summed E-state index contributed by atoms with van der Waals surface area (Å²) in [5, 5.41) is 0. The number of nitrogens with one attached hydrogen (secondary N) is 1. The van der Waals surface area contributed by atoms with Gasteiger partial charge in [-0.3, -0.25) is 0 Å². The molecule has 0 aliphatic heterocycles. The lowest BCUT2D eigenvalue weighted by molar-refractivity contribution is 0.353. The van der Waals surface area contributed by atoms with Crippen LogP contribution in [0.25, 0.3) is 0 Å². The summed E-state index contributed by atoms with van der Waals surface area (Å²) in [6, 6.07) is 3.25. The molecule has 1 aliphatic carbocycles.